The monoisotopic (exact) mass is 500 g/mol. The number of aryl methyl sites for hydroxylation is 1. The lowest BCUT2D eigenvalue weighted by Crippen LogP contribution is -2.57. The number of hydrogen-bond donors (Lipinski definition) is 3. The SMILES string of the molecule is Cn1cc(S(=O)NC2CCN(S(=O)O)CC2(F)F)c(F)c1C(=O)Nc1ccc(F)c(F)c1. The number of carbonyl (C=O) groups excluding carboxylic acids is 1. The second kappa shape index (κ2) is 9.35. The Morgan fingerprint density at radius 3 is 2.50 bits per heavy atom. The fourth-order valence-corrected chi connectivity index (χ4v) is 4.83. The lowest BCUT2D eigenvalue weighted by atomic mass is 10.0. The number of aromatic nitrogens is 1. The highest BCUT2D eigenvalue weighted by Crippen LogP contribution is 2.29. The molecule has 1 aliphatic heterocycles. The van der Waals surface area contributed by atoms with E-state index >= 15 is 0 Å². The number of piperidine rings is 1. The largest absolute Gasteiger partial charge is 0.343 e. The van der Waals surface area contributed by atoms with Gasteiger partial charge in [-0.3, -0.25) is 9.35 Å². The zero-order chi connectivity index (χ0) is 23.8. The summed E-state index contributed by atoms with van der Waals surface area (Å²) < 4.78 is 106. The Labute approximate surface area is 183 Å². The van der Waals surface area contributed by atoms with Crippen LogP contribution >= 0.6 is 0 Å². The van der Waals surface area contributed by atoms with Gasteiger partial charge in [0.05, 0.1) is 12.6 Å². The standard InChI is InChI=1S/C17H17F5N4O4S2/c1-25-7-12(31(28)24-13-4-5-26(32(29)30)8-17(13,21)22)14(20)15(25)16(27)23-9-2-3-10(18)11(19)6-9/h2-3,6-7,13,24H,4-5,8H2,1H3,(H,23,27)(H,29,30). The minimum Gasteiger partial charge on any atom is -0.343 e. The number of benzene rings is 1. The van der Waals surface area contributed by atoms with Crippen LogP contribution < -0.4 is 10.0 Å². The highest BCUT2D eigenvalue weighted by Gasteiger charge is 2.47. The van der Waals surface area contributed by atoms with Gasteiger partial charge in [0.15, 0.2) is 17.5 Å². The third kappa shape index (κ3) is 5.06. The Kier molecular flexibility index (Phi) is 7.14. The van der Waals surface area contributed by atoms with Crippen LogP contribution in [0.4, 0.5) is 27.6 Å². The van der Waals surface area contributed by atoms with Gasteiger partial charge in [-0.1, -0.05) is 0 Å². The lowest BCUT2D eigenvalue weighted by molar-refractivity contribution is -0.0652. The molecule has 1 aromatic heterocycles. The number of halogens is 5. The summed E-state index contributed by atoms with van der Waals surface area (Å²) in [5, 5.41) is 2.17. The van der Waals surface area contributed by atoms with Crippen LogP contribution in [-0.2, 0) is 29.3 Å². The maximum atomic E-state index is 14.8. The Morgan fingerprint density at radius 2 is 1.91 bits per heavy atom. The molecule has 3 atom stereocenters. The summed E-state index contributed by atoms with van der Waals surface area (Å²) >= 11 is -2.59. The molecule has 2 aromatic rings. The molecular weight excluding hydrogens is 483 g/mol. The Bertz CT molecular complexity index is 1100. The number of nitrogens with one attached hydrogen (secondary N) is 2. The molecule has 1 fully saturated rings. The lowest BCUT2D eigenvalue weighted by Gasteiger charge is -2.36. The molecule has 0 spiro atoms. The smallest absolute Gasteiger partial charge is 0.277 e. The molecular formula is C17H17F5N4O4S2. The van der Waals surface area contributed by atoms with Crippen LogP contribution in [0.15, 0.2) is 29.3 Å². The molecule has 1 saturated heterocycles. The van der Waals surface area contributed by atoms with Crippen LogP contribution in [-0.4, -0.2) is 52.8 Å². The van der Waals surface area contributed by atoms with Crippen LogP contribution in [0, 0.1) is 17.5 Å². The molecule has 3 N–H and O–H groups in total. The van der Waals surface area contributed by atoms with Gasteiger partial charge in [-0.25, -0.2) is 35.1 Å². The van der Waals surface area contributed by atoms with Gasteiger partial charge in [0.2, 0.25) is 11.3 Å². The van der Waals surface area contributed by atoms with E-state index in [9.17, 15) is 35.2 Å². The molecule has 0 bridgehead atoms. The molecule has 1 aromatic carbocycles. The minimum absolute atomic E-state index is 0.164. The van der Waals surface area contributed by atoms with E-state index < -0.39 is 74.7 Å². The van der Waals surface area contributed by atoms with Gasteiger partial charge in [-0.15, -0.1) is 0 Å². The first kappa shape index (κ1) is 24.4. The van der Waals surface area contributed by atoms with E-state index in [-0.39, 0.29) is 18.7 Å². The molecule has 2 heterocycles. The topological polar surface area (TPSA) is 104 Å². The molecule has 15 heteroatoms. The second-order valence-electron chi connectivity index (χ2n) is 6.93. The molecule has 8 nitrogen and oxygen atoms in total. The zero-order valence-electron chi connectivity index (χ0n) is 16.3. The predicted octanol–water partition coefficient (Wildman–Crippen LogP) is 2.15. The number of alkyl halides is 2. The number of amides is 1. The highest BCUT2D eigenvalue weighted by molar-refractivity contribution is 7.83. The van der Waals surface area contributed by atoms with Crippen LogP contribution in [0.3, 0.4) is 0 Å². The highest BCUT2D eigenvalue weighted by atomic mass is 32.2. The predicted molar refractivity (Wildman–Crippen MR) is 105 cm³/mol. The summed E-state index contributed by atoms with van der Waals surface area (Å²) in [6, 6.07) is 0.810. The molecule has 0 radical (unpaired) electrons. The van der Waals surface area contributed by atoms with Gasteiger partial charge in [0.1, 0.15) is 21.6 Å². The second-order valence-corrected chi connectivity index (χ2v) is 9.12. The van der Waals surface area contributed by atoms with Crippen molar-refractivity contribution in [2.75, 3.05) is 18.4 Å². The molecule has 1 amide bonds. The van der Waals surface area contributed by atoms with Crippen LogP contribution in [0.5, 0.6) is 0 Å². The van der Waals surface area contributed by atoms with Gasteiger partial charge in [-0.05, 0) is 18.6 Å². The van der Waals surface area contributed by atoms with E-state index in [1.165, 1.54) is 7.05 Å². The summed E-state index contributed by atoms with van der Waals surface area (Å²) in [4.78, 5) is 11.8. The first-order valence-corrected chi connectivity index (χ1v) is 11.1. The Morgan fingerprint density at radius 1 is 1.22 bits per heavy atom. The van der Waals surface area contributed by atoms with Crippen molar-refractivity contribution >= 4 is 33.8 Å². The summed E-state index contributed by atoms with van der Waals surface area (Å²) in [6.07, 6.45) is 0.623. The number of nitrogens with zero attached hydrogens (tertiary/aromatic N) is 2. The van der Waals surface area contributed by atoms with E-state index in [1.54, 1.807) is 0 Å². The van der Waals surface area contributed by atoms with Gasteiger partial charge in [-0.2, -0.15) is 4.31 Å². The average Bonchev–Trinajstić information content (AvgIpc) is 3.00. The number of rotatable bonds is 6. The molecule has 1 aliphatic rings. The first-order chi connectivity index (χ1) is 14.9. The van der Waals surface area contributed by atoms with Crippen molar-refractivity contribution < 1.29 is 39.7 Å². The molecule has 0 saturated carbocycles. The molecule has 32 heavy (non-hydrogen) atoms. The van der Waals surface area contributed by atoms with E-state index in [4.69, 9.17) is 4.55 Å². The summed E-state index contributed by atoms with van der Waals surface area (Å²) in [7, 11) is -1.25. The van der Waals surface area contributed by atoms with Crippen molar-refractivity contribution in [2.45, 2.75) is 23.3 Å². The quantitative estimate of drug-likeness (QED) is 0.418. The maximum Gasteiger partial charge on any atom is 0.277 e. The van der Waals surface area contributed by atoms with Crippen LogP contribution in [0.1, 0.15) is 16.9 Å². The van der Waals surface area contributed by atoms with Crippen molar-refractivity contribution in [3.63, 3.8) is 0 Å². The summed E-state index contributed by atoms with van der Waals surface area (Å²) in [5.41, 5.74) is -0.778. The number of carbonyl (C=O) groups is 1. The fraction of sp³-hybridized carbons (Fsp3) is 0.353. The third-order valence-corrected chi connectivity index (χ3v) is 6.65. The van der Waals surface area contributed by atoms with Gasteiger partial charge < -0.3 is 9.88 Å². The van der Waals surface area contributed by atoms with E-state index in [2.05, 4.69) is 10.0 Å². The average molecular weight is 500 g/mol. The van der Waals surface area contributed by atoms with Crippen molar-refractivity contribution in [1.82, 2.24) is 13.6 Å². The van der Waals surface area contributed by atoms with Gasteiger partial charge >= 0.3 is 0 Å². The maximum absolute atomic E-state index is 14.8. The van der Waals surface area contributed by atoms with Crippen molar-refractivity contribution in [2.24, 2.45) is 7.05 Å². The third-order valence-electron chi connectivity index (χ3n) is 4.71. The molecule has 176 valence electrons. The molecule has 3 rings (SSSR count). The number of anilines is 1. The van der Waals surface area contributed by atoms with E-state index in [0.29, 0.717) is 10.4 Å². The van der Waals surface area contributed by atoms with E-state index in [1.807, 2.05) is 0 Å². The fourth-order valence-electron chi connectivity index (χ4n) is 3.10. The summed E-state index contributed by atoms with van der Waals surface area (Å²) in [6.45, 7) is -1.25. The Balaban J connectivity index is 1.76. The van der Waals surface area contributed by atoms with Crippen molar-refractivity contribution in [3.8, 4) is 0 Å². The molecule has 3 unspecified atom stereocenters. The Hall–Kier alpha value is -2.20. The van der Waals surface area contributed by atoms with Crippen LogP contribution in [0.2, 0.25) is 0 Å². The van der Waals surface area contributed by atoms with E-state index in [0.717, 1.165) is 22.9 Å². The zero-order valence-corrected chi connectivity index (χ0v) is 17.9. The van der Waals surface area contributed by atoms with Crippen LogP contribution in [0.25, 0.3) is 0 Å². The van der Waals surface area contributed by atoms with Crippen molar-refractivity contribution in [3.05, 3.63) is 47.5 Å². The van der Waals surface area contributed by atoms with Gasteiger partial charge in [0.25, 0.3) is 11.8 Å². The molecule has 0 aliphatic carbocycles. The number of hydrogen-bond acceptors (Lipinski definition) is 3. The van der Waals surface area contributed by atoms with Crippen molar-refractivity contribution in [1.29, 1.82) is 0 Å². The van der Waals surface area contributed by atoms with Gasteiger partial charge in [0, 0.05) is 31.5 Å². The minimum atomic E-state index is -3.54. The first-order valence-electron chi connectivity index (χ1n) is 8.93. The normalized spacial score (nSPS) is 20.7. The summed E-state index contributed by atoms with van der Waals surface area (Å²) in [5.74, 6) is -8.24.